The Kier molecular flexibility index (Phi) is 2.95. The van der Waals surface area contributed by atoms with Crippen LogP contribution in [-0.4, -0.2) is 15.9 Å². The third-order valence-corrected chi connectivity index (χ3v) is 2.05. The van der Waals surface area contributed by atoms with Gasteiger partial charge in [0.25, 0.3) is 5.91 Å². The molecule has 0 saturated carbocycles. The smallest absolute Gasteiger partial charge is 0.259 e. The maximum absolute atomic E-state index is 12.9. The van der Waals surface area contributed by atoms with E-state index in [1.165, 1.54) is 6.20 Å². The monoisotopic (exact) mass is 232 g/mol. The van der Waals surface area contributed by atoms with Crippen LogP contribution in [0.3, 0.4) is 0 Å². The first-order valence-electron chi connectivity index (χ1n) is 4.79. The molecule has 3 N–H and O–H groups in total. The van der Waals surface area contributed by atoms with E-state index in [9.17, 15) is 9.18 Å². The van der Waals surface area contributed by atoms with Crippen molar-refractivity contribution in [2.45, 2.75) is 0 Å². The Bertz CT molecular complexity index is 544. The SMILES string of the molecule is Nc1ncc(F)cc1C(=O)Nc1cccnc1. The van der Waals surface area contributed by atoms with E-state index in [0.717, 1.165) is 12.3 Å². The fourth-order valence-corrected chi connectivity index (χ4v) is 1.27. The zero-order chi connectivity index (χ0) is 12.3. The number of hydrogen-bond donors (Lipinski definition) is 2. The van der Waals surface area contributed by atoms with E-state index in [1.807, 2.05) is 0 Å². The van der Waals surface area contributed by atoms with E-state index in [0.29, 0.717) is 5.69 Å². The molecule has 6 heteroatoms. The first kappa shape index (κ1) is 11.0. The largest absolute Gasteiger partial charge is 0.383 e. The number of rotatable bonds is 2. The van der Waals surface area contributed by atoms with Crippen molar-refractivity contribution in [2.24, 2.45) is 0 Å². The Hall–Kier alpha value is -2.50. The van der Waals surface area contributed by atoms with Gasteiger partial charge in [0.15, 0.2) is 0 Å². The Labute approximate surface area is 96.5 Å². The standard InChI is InChI=1S/C11H9FN4O/c12-7-4-9(10(13)15-5-7)11(17)16-8-2-1-3-14-6-8/h1-6H,(H2,13,15)(H,16,17). The van der Waals surface area contributed by atoms with Gasteiger partial charge in [-0.15, -0.1) is 0 Å². The number of anilines is 2. The number of halogens is 1. The van der Waals surface area contributed by atoms with E-state index in [4.69, 9.17) is 5.73 Å². The molecule has 86 valence electrons. The number of carbonyl (C=O) groups excluding carboxylic acids is 1. The van der Waals surface area contributed by atoms with Gasteiger partial charge in [-0.1, -0.05) is 0 Å². The van der Waals surface area contributed by atoms with Crippen LogP contribution in [0.25, 0.3) is 0 Å². The molecule has 0 spiro atoms. The summed E-state index contributed by atoms with van der Waals surface area (Å²) in [6.45, 7) is 0. The third-order valence-electron chi connectivity index (χ3n) is 2.05. The van der Waals surface area contributed by atoms with Gasteiger partial charge in [-0.25, -0.2) is 9.37 Å². The number of amides is 1. The Balaban J connectivity index is 2.23. The molecule has 0 aliphatic rings. The van der Waals surface area contributed by atoms with Gasteiger partial charge in [-0.05, 0) is 18.2 Å². The second kappa shape index (κ2) is 4.56. The van der Waals surface area contributed by atoms with Crippen molar-refractivity contribution >= 4 is 17.4 Å². The van der Waals surface area contributed by atoms with Crippen molar-refractivity contribution in [1.29, 1.82) is 0 Å². The molecule has 17 heavy (non-hydrogen) atoms. The normalized spacial score (nSPS) is 9.94. The zero-order valence-corrected chi connectivity index (χ0v) is 8.72. The van der Waals surface area contributed by atoms with Crippen molar-refractivity contribution in [1.82, 2.24) is 9.97 Å². The van der Waals surface area contributed by atoms with Crippen LogP contribution in [0.5, 0.6) is 0 Å². The van der Waals surface area contributed by atoms with E-state index >= 15 is 0 Å². The predicted molar refractivity (Wildman–Crippen MR) is 60.8 cm³/mol. The van der Waals surface area contributed by atoms with E-state index in [-0.39, 0.29) is 11.4 Å². The lowest BCUT2D eigenvalue weighted by molar-refractivity contribution is 0.102. The van der Waals surface area contributed by atoms with Crippen LogP contribution < -0.4 is 11.1 Å². The highest BCUT2D eigenvalue weighted by molar-refractivity contribution is 6.07. The Morgan fingerprint density at radius 2 is 2.24 bits per heavy atom. The number of hydrogen-bond acceptors (Lipinski definition) is 4. The topological polar surface area (TPSA) is 80.9 Å². The van der Waals surface area contributed by atoms with Crippen molar-refractivity contribution in [3.8, 4) is 0 Å². The molecule has 2 aromatic heterocycles. The molecule has 0 fully saturated rings. The summed E-state index contributed by atoms with van der Waals surface area (Å²) < 4.78 is 12.9. The first-order chi connectivity index (χ1) is 8.16. The first-order valence-corrected chi connectivity index (χ1v) is 4.79. The van der Waals surface area contributed by atoms with E-state index in [1.54, 1.807) is 18.3 Å². The fourth-order valence-electron chi connectivity index (χ4n) is 1.27. The molecule has 0 unspecified atom stereocenters. The number of aromatic nitrogens is 2. The summed E-state index contributed by atoms with van der Waals surface area (Å²) in [5, 5.41) is 2.54. The highest BCUT2D eigenvalue weighted by Crippen LogP contribution is 2.12. The van der Waals surface area contributed by atoms with Gasteiger partial charge in [-0.2, -0.15) is 0 Å². The average Bonchev–Trinajstić information content (AvgIpc) is 2.33. The molecular formula is C11H9FN4O. The highest BCUT2D eigenvalue weighted by Gasteiger charge is 2.12. The number of nitrogens with zero attached hydrogens (tertiary/aromatic N) is 2. The number of nitrogen functional groups attached to an aromatic ring is 1. The lowest BCUT2D eigenvalue weighted by Gasteiger charge is -2.06. The fraction of sp³-hybridized carbons (Fsp3) is 0. The molecule has 0 saturated heterocycles. The Morgan fingerprint density at radius 1 is 1.41 bits per heavy atom. The molecule has 0 bridgehead atoms. The molecule has 0 aliphatic heterocycles. The molecule has 0 aromatic carbocycles. The molecule has 0 aliphatic carbocycles. The molecule has 0 atom stereocenters. The molecule has 1 amide bonds. The lowest BCUT2D eigenvalue weighted by Crippen LogP contribution is -2.15. The minimum absolute atomic E-state index is 0.00569. The summed E-state index contributed by atoms with van der Waals surface area (Å²) in [6, 6.07) is 4.37. The molecular weight excluding hydrogens is 223 g/mol. The highest BCUT2D eigenvalue weighted by atomic mass is 19.1. The van der Waals surface area contributed by atoms with Crippen LogP contribution in [0.1, 0.15) is 10.4 Å². The summed E-state index contributed by atoms with van der Waals surface area (Å²) in [6.07, 6.45) is 4.00. The van der Waals surface area contributed by atoms with Crippen molar-refractivity contribution in [3.63, 3.8) is 0 Å². The summed E-state index contributed by atoms with van der Waals surface area (Å²) in [4.78, 5) is 19.2. The minimum Gasteiger partial charge on any atom is -0.383 e. The second-order valence-corrected chi connectivity index (χ2v) is 3.28. The summed E-state index contributed by atoms with van der Waals surface area (Å²) in [7, 11) is 0. The molecule has 0 radical (unpaired) electrons. The summed E-state index contributed by atoms with van der Waals surface area (Å²) >= 11 is 0. The van der Waals surface area contributed by atoms with Gasteiger partial charge in [0, 0.05) is 6.20 Å². The van der Waals surface area contributed by atoms with Gasteiger partial charge >= 0.3 is 0 Å². The van der Waals surface area contributed by atoms with Gasteiger partial charge in [0.2, 0.25) is 0 Å². The molecule has 2 aromatic rings. The number of nitrogens with one attached hydrogen (secondary N) is 1. The van der Waals surface area contributed by atoms with Gasteiger partial charge in [0.1, 0.15) is 11.6 Å². The zero-order valence-electron chi connectivity index (χ0n) is 8.72. The van der Waals surface area contributed by atoms with Crippen LogP contribution in [0.15, 0.2) is 36.8 Å². The van der Waals surface area contributed by atoms with Crippen LogP contribution >= 0.6 is 0 Å². The number of carbonyl (C=O) groups is 1. The predicted octanol–water partition coefficient (Wildman–Crippen LogP) is 1.45. The van der Waals surface area contributed by atoms with Crippen molar-refractivity contribution in [2.75, 3.05) is 11.1 Å². The Morgan fingerprint density at radius 3 is 2.94 bits per heavy atom. The molecule has 2 heterocycles. The van der Waals surface area contributed by atoms with Gasteiger partial charge < -0.3 is 11.1 Å². The number of nitrogens with two attached hydrogens (primary N) is 1. The lowest BCUT2D eigenvalue weighted by atomic mass is 10.2. The maximum Gasteiger partial charge on any atom is 0.259 e. The quantitative estimate of drug-likeness (QED) is 0.821. The van der Waals surface area contributed by atoms with E-state index in [2.05, 4.69) is 15.3 Å². The summed E-state index contributed by atoms with van der Waals surface area (Å²) in [5.74, 6) is -1.16. The average molecular weight is 232 g/mol. The van der Waals surface area contributed by atoms with Gasteiger partial charge in [0.05, 0.1) is 23.6 Å². The molecule has 5 nitrogen and oxygen atoms in total. The maximum atomic E-state index is 12.9. The minimum atomic E-state index is -0.615. The second-order valence-electron chi connectivity index (χ2n) is 3.28. The van der Waals surface area contributed by atoms with Crippen LogP contribution in [0, 0.1) is 5.82 Å². The van der Waals surface area contributed by atoms with Crippen LogP contribution in [0.2, 0.25) is 0 Å². The molecule has 2 rings (SSSR count). The third kappa shape index (κ3) is 2.54. The van der Waals surface area contributed by atoms with Crippen LogP contribution in [-0.2, 0) is 0 Å². The van der Waals surface area contributed by atoms with Crippen molar-refractivity contribution < 1.29 is 9.18 Å². The summed E-state index contributed by atoms with van der Waals surface area (Å²) in [5.41, 5.74) is 5.99. The van der Waals surface area contributed by atoms with Crippen LogP contribution in [0.4, 0.5) is 15.9 Å². The van der Waals surface area contributed by atoms with Crippen molar-refractivity contribution in [3.05, 3.63) is 48.2 Å². The van der Waals surface area contributed by atoms with Gasteiger partial charge in [-0.3, -0.25) is 9.78 Å². The number of pyridine rings is 2. The van der Waals surface area contributed by atoms with E-state index < -0.39 is 11.7 Å².